The van der Waals surface area contributed by atoms with Crippen molar-refractivity contribution in [1.29, 1.82) is 0 Å². The summed E-state index contributed by atoms with van der Waals surface area (Å²) in [4.78, 5) is 0. The van der Waals surface area contributed by atoms with Gasteiger partial charge in [-0.25, -0.2) is 0 Å². The molecule has 1 fully saturated rings. The third-order valence-corrected chi connectivity index (χ3v) is 3.79. The molecule has 0 bridgehead atoms. The van der Waals surface area contributed by atoms with Gasteiger partial charge in [0, 0.05) is 18.8 Å². The second kappa shape index (κ2) is 4.85. The van der Waals surface area contributed by atoms with Gasteiger partial charge in [0.15, 0.2) is 0 Å². The van der Waals surface area contributed by atoms with E-state index < -0.39 is 0 Å². The molecule has 0 amide bonds. The van der Waals surface area contributed by atoms with Crippen molar-refractivity contribution in [1.82, 2.24) is 4.31 Å². The van der Waals surface area contributed by atoms with Crippen LogP contribution in [0.3, 0.4) is 0 Å². The molecule has 14 heavy (non-hydrogen) atoms. The molecule has 0 spiro atoms. The first-order valence-electron chi connectivity index (χ1n) is 5.28. The lowest BCUT2D eigenvalue weighted by molar-refractivity contribution is 0.586. The first kappa shape index (κ1) is 10.1. The first-order chi connectivity index (χ1) is 6.84. The van der Waals surface area contributed by atoms with Crippen LogP contribution in [0.5, 0.6) is 0 Å². The van der Waals surface area contributed by atoms with Crippen molar-refractivity contribution in [2.24, 2.45) is 0 Å². The van der Waals surface area contributed by atoms with Crippen molar-refractivity contribution in [3.05, 3.63) is 35.4 Å². The molecule has 0 radical (unpaired) electrons. The van der Waals surface area contributed by atoms with Crippen molar-refractivity contribution in [2.45, 2.75) is 25.5 Å². The van der Waals surface area contributed by atoms with Crippen LogP contribution in [0.1, 0.15) is 24.0 Å². The lowest BCUT2D eigenvalue weighted by atomic mass is 10.2. The Bertz CT molecular complexity index is 275. The lowest BCUT2D eigenvalue weighted by Crippen LogP contribution is -2.09. The smallest absolute Gasteiger partial charge is 0.0332 e. The van der Waals surface area contributed by atoms with Gasteiger partial charge in [0.2, 0.25) is 0 Å². The van der Waals surface area contributed by atoms with E-state index in [1.54, 1.807) is 0 Å². The van der Waals surface area contributed by atoms with Crippen LogP contribution < -0.4 is 0 Å². The summed E-state index contributed by atoms with van der Waals surface area (Å²) < 4.78 is 2.49. The first-order valence-corrected chi connectivity index (χ1v) is 6.22. The van der Waals surface area contributed by atoms with Crippen LogP contribution in [-0.2, 0) is 5.75 Å². The summed E-state index contributed by atoms with van der Waals surface area (Å²) in [5.41, 5.74) is 2.78. The van der Waals surface area contributed by atoms with Crippen LogP contribution in [0, 0.1) is 6.92 Å². The largest absolute Gasteiger partial charge is 0.250 e. The van der Waals surface area contributed by atoms with Gasteiger partial charge in [0.25, 0.3) is 0 Å². The van der Waals surface area contributed by atoms with Crippen LogP contribution >= 0.6 is 11.9 Å². The number of benzene rings is 1. The highest BCUT2D eigenvalue weighted by Crippen LogP contribution is 2.22. The summed E-state index contributed by atoms with van der Waals surface area (Å²) in [6.45, 7) is 4.68. The van der Waals surface area contributed by atoms with E-state index >= 15 is 0 Å². The van der Waals surface area contributed by atoms with Crippen LogP contribution in [0.2, 0.25) is 0 Å². The fraction of sp³-hybridized carbons (Fsp3) is 0.500. The zero-order valence-electron chi connectivity index (χ0n) is 8.70. The van der Waals surface area contributed by atoms with Crippen molar-refractivity contribution in [2.75, 3.05) is 13.1 Å². The van der Waals surface area contributed by atoms with Gasteiger partial charge in [-0.15, -0.1) is 0 Å². The minimum Gasteiger partial charge on any atom is -0.250 e. The molecule has 0 saturated carbocycles. The van der Waals surface area contributed by atoms with E-state index in [0.29, 0.717) is 0 Å². The van der Waals surface area contributed by atoms with Crippen LogP contribution in [0.25, 0.3) is 0 Å². The van der Waals surface area contributed by atoms with E-state index in [-0.39, 0.29) is 0 Å². The van der Waals surface area contributed by atoms with Gasteiger partial charge in [-0.1, -0.05) is 41.8 Å². The Labute approximate surface area is 90.6 Å². The third-order valence-electron chi connectivity index (χ3n) is 2.60. The molecule has 2 rings (SSSR count). The Kier molecular flexibility index (Phi) is 3.49. The lowest BCUT2D eigenvalue weighted by Gasteiger charge is -2.12. The molecule has 1 aromatic rings. The molecular formula is C12H17NS. The highest BCUT2D eigenvalue weighted by Gasteiger charge is 2.11. The van der Waals surface area contributed by atoms with Gasteiger partial charge in [-0.2, -0.15) is 0 Å². The number of hydrogen-bond acceptors (Lipinski definition) is 2. The van der Waals surface area contributed by atoms with E-state index in [0.717, 1.165) is 5.75 Å². The average molecular weight is 207 g/mol. The van der Waals surface area contributed by atoms with E-state index in [2.05, 4.69) is 35.5 Å². The standard InChI is InChI=1S/C12H17NS/c1-11-4-6-12(7-5-11)10-14-13-8-2-3-9-13/h4-7H,2-3,8-10H2,1H3. The Morgan fingerprint density at radius 1 is 1.14 bits per heavy atom. The number of nitrogens with zero attached hydrogens (tertiary/aromatic N) is 1. The van der Waals surface area contributed by atoms with Crippen LogP contribution in [0.4, 0.5) is 0 Å². The third kappa shape index (κ3) is 2.76. The molecule has 0 aromatic heterocycles. The predicted octanol–water partition coefficient (Wildman–Crippen LogP) is 3.24. The normalized spacial score (nSPS) is 17.5. The zero-order chi connectivity index (χ0) is 9.80. The SMILES string of the molecule is Cc1ccc(CSN2CCCC2)cc1. The maximum Gasteiger partial charge on any atom is 0.0332 e. The molecule has 0 aliphatic carbocycles. The Morgan fingerprint density at radius 2 is 1.79 bits per heavy atom. The average Bonchev–Trinajstić information content (AvgIpc) is 2.70. The molecule has 1 nitrogen and oxygen atoms in total. The van der Waals surface area contributed by atoms with Gasteiger partial charge >= 0.3 is 0 Å². The number of aryl methyl sites for hydroxylation is 1. The molecule has 0 atom stereocenters. The molecule has 0 unspecified atom stereocenters. The molecule has 1 saturated heterocycles. The van der Waals surface area contributed by atoms with Gasteiger partial charge in [-0.05, 0) is 25.3 Å². The molecule has 2 heteroatoms. The van der Waals surface area contributed by atoms with E-state index in [1.165, 1.54) is 37.1 Å². The van der Waals surface area contributed by atoms with E-state index in [9.17, 15) is 0 Å². The monoisotopic (exact) mass is 207 g/mol. The predicted molar refractivity (Wildman–Crippen MR) is 63.3 cm³/mol. The topological polar surface area (TPSA) is 3.24 Å². The molecule has 1 aliphatic heterocycles. The fourth-order valence-electron chi connectivity index (χ4n) is 1.67. The van der Waals surface area contributed by atoms with Crippen molar-refractivity contribution in [3.8, 4) is 0 Å². The molecule has 1 aliphatic rings. The summed E-state index contributed by atoms with van der Waals surface area (Å²) in [6, 6.07) is 8.86. The second-order valence-corrected chi connectivity index (χ2v) is 4.96. The van der Waals surface area contributed by atoms with Gasteiger partial charge in [-0.3, -0.25) is 4.31 Å². The van der Waals surface area contributed by atoms with Gasteiger partial charge in [0.1, 0.15) is 0 Å². The minimum absolute atomic E-state index is 1.13. The highest BCUT2D eigenvalue weighted by molar-refractivity contribution is 7.96. The van der Waals surface area contributed by atoms with Crippen molar-refractivity contribution >= 4 is 11.9 Å². The Hall–Kier alpha value is -0.470. The van der Waals surface area contributed by atoms with Crippen LogP contribution in [0.15, 0.2) is 24.3 Å². The zero-order valence-corrected chi connectivity index (χ0v) is 9.52. The molecule has 0 N–H and O–H groups in total. The maximum atomic E-state index is 2.49. The summed E-state index contributed by atoms with van der Waals surface area (Å²) in [7, 11) is 0. The molecular weight excluding hydrogens is 190 g/mol. The summed E-state index contributed by atoms with van der Waals surface area (Å²) >= 11 is 1.98. The van der Waals surface area contributed by atoms with Gasteiger partial charge < -0.3 is 0 Å². The van der Waals surface area contributed by atoms with Crippen molar-refractivity contribution in [3.63, 3.8) is 0 Å². The van der Waals surface area contributed by atoms with E-state index in [4.69, 9.17) is 0 Å². The van der Waals surface area contributed by atoms with Crippen molar-refractivity contribution < 1.29 is 0 Å². The Morgan fingerprint density at radius 3 is 2.43 bits per heavy atom. The summed E-state index contributed by atoms with van der Waals surface area (Å²) in [5.74, 6) is 1.13. The molecule has 76 valence electrons. The molecule has 1 heterocycles. The Balaban J connectivity index is 1.82. The highest BCUT2D eigenvalue weighted by atomic mass is 32.2. The summed E-state index contributed by atoms with van der Waals surface area (Å²) in [6.07, 6.45) is 2.75. The second-order valence-electron chi connectivity index (χ2n) is 3.90. The molecule has 1 aromatic carbocycles. The van der Waals surface area contributed by atoms with Crippen LogP contribution in [-0.4, -0.2) is 17.4 Å². The number of hydrogen-bond donors (Lipinski definition) is 0. The maximum absolute atomic E-state index is 2.49. The minimum atomic E-state index is 1.13. The quantitative estimate of drug-likeness (QED) is 0.700. The summed E-state index contributed by atoms with van der Waals surface area (Å²) in [5, 5.41) is 0. The number of rotatable bonds is 3. The van der Waals surface area contributed by atoms with E-state index in [1.807, 2.05) is 11.9 Å². The fourth-order valence-corrected chi connectivity index (χ4v) is 2.71. The van der Waals surface area contributed by atoms with Gasteiger partial charge in [0.05, 0.1) is 0 Å².